The van der Waals surface area contributed by atoms with Crippen LogP contribution in [0.25, 0.3) is 0 Å². The number of ether oxygens (including phenoxy) is 4. The van der Waals surface area contributed by atoms with Gasteiger partial charge in [0.2, 0.25) is 23.6 Å². The Morgan fingerprint density at radius 1 is 0.411 bits per heavy atom. The molecule has 8 atom stereocenters. The lowest BCUT2D eigenvalue weighted by Crippen LogP contribution is -2.39. The standard InChI is InChI=1S/C22H31NO5.2C22H29NO5.C22H27NO5/c4*24-20(16-18-8-2-1-3-9-18)13-12-19-10-4-5-11-21(25)23(19)14-6-7-15-28-17-22(26)27/h1-3,8-9,12-13,19-20,24H,4-7,10-11,14-17H2,(H,26,27);1-3,8-9,19-20,24H,4-5,10-17H2,(H,26,27);1-3,6-9,12-13,19-20,24H,4-5,10-11,14-17H2,(H,26,27);1-3,8-9,12-13,19-20,24H,4-5,10-11,14-17H2,(H,26,27)/b13-12+;;7-6-,13-12+;13-12+/t4*19-,20?/m1111/s1. The molecule has 4 aromatic carbocycles. The van der Waals surface area contributed by atoms with Crippen LogP contribution in [0.1, 0.15) is 151 Å². The summed E-state index contributed by atoms with van der Waals surface area (Å²) in [6, 6.07) is 39.2. The minimum absolute atomic E-state index is 0.000335. The molecule has 4 heterocycles. The van der Waals surface area contributed by atoms with E-state index in [1.165, 1.54) is 0 Å². The molecule has 0 aliphatic carbocycles. The summed E-state index contributed by atoms with van der Waals surface area (Å²) in [5.74, 6) is 7.67. The molecule has 4 fully saturated rings. The van der Waals surface area contributed by atoms with E-state index in [4.69, 9.17) is 39.4 Å². The van der Waals surface area contributed by atoms with Gasteiger partial charge in [0.1, 0.15) is 39.6 Å². The molecule has 0 saturated carbocycles. The summed E-state index contributed by atoms with van der Waals surface area (Å²) in [5.41, 5.74) is 4.31. The Kier molecular flexibility index (Phi) is 47.0. The zero-order chi connectivity index (χ0) is 80.8. The average molecular weight is 1550 g/mol. The maximum absolute atomic E-state index is 12.5. The molecular formula is C88H116N4O20. The highest BCUT2D eigenvalue weighted by Gasteiger charge is 2.29. The lowest BCUT2D eigenvalue weighted by molar-refractivity contribution is -0.143. The summed E-state index contributed by atoms with van der Waals surface area (Å²) in [7, 11) is 0. The van der Waals surface area contributed by atoms with E-state index in [-0.39, 0.29) is 101 Å². The molecule has 4 aliphatic rings. The van der Waals surface area contributed by atoms with Crippen LogP contribution in [0.2, 0.25) is 0 Å². The van der Waals surface area contributed by atoms with Gasteiger partial charge in [-0.15, -0.1) is 0 Å². The van der Waals surface area contributed by atoms with Crippen LogP contribution in [-0.4, -0.2) is 236 Å². The van der Waals surface area contributed by atoms with Gasteiger partial charge in [-0.2, -0.15) is 0 Å². The zero-order valence-electron chi connectivity index (χ0n) is 64.5. The highest BCUT2D eigenvalue weighted by Crippen LogP contribution is 2.25. The third-order valence-electron chi connectivity index (χ3n) is 18.8. The van der Waals surface area contributed by atoms with Crippen molar-refractivity contribution in [2.24, 2.45) is 0 Å². The normalized spacial score (nSPS) is 18.7. The summed E-state index contributed by atoms with van der Waals surface area (Å²) in [5, 5.41) is 75.4. The van der Waals surface area contributed by atoms with Crippen molar-refractivity contribution < 1.29 is 98.2 Å². The number of carboxylic acids is 4. The molecule has 608 valence electrons. The Morgan fingerprint density at radius 2 is 0.777 bits per heavy atom. The van der Waals surface area contributed by atoms with E-state index in [0.29, 0.717) is 90.4 Å². The van der Waals surface area contributed by atoms with Gasteiger partial charge in [0.25, 0.3) is 0 Å². The molecule has 4 unspecified atom stereocenters. The van der Waals surface area contributed by atoms with E-state index in [0.717, 1.165) is 112 Å². The van der Waals surface area contributed by atoms with Crippen LogP contribution < -0.4 is 0 Å². The molecule has 24 nitrogen and oxygen atoms in total. The first-order valence-corrected chi connectivity index (χ1v) is 39.1. The van der Waals surface area contributed by atoms with E-state index >= 15 is 0 Å². The zero-order valence-corrected chi connectivity index (χ0v) is 64.5. The summed E-state index contributed by atoms with van der Waals surface area (Å²) >= 11 is 0. The van der Waals surface area contributed by atoms with Crippen molar-refractivity contribution in [1.82, 2.24) is 19.6 Å². The first-order valence-electron chi connectivity index (χ1n) is 39.1. The third-order valence-corrected chi connectivity index (χ3v) is 18.8. The highest BCUT2D eigenvalue weighted by molar-refractivity contribution is 5.79. The van der Waals surface area contributed by atoms with Crippen molar-refractivity contribution in [3.8, 4) is 23.7 Å². The van der Waals surface area contributed by atoms with Gasteiger partial charge < -0.3 is 79.4 Å². The Balaban J connectivity index is 0.000000267. The topological polar surface area (TPSA) is 348 Å². The molecule has 0 bridgehead atoms. The summed E-state index contributed by atoms with van der Waals surface area (Å²) in [6.07, 6.45) is 30.6. The van der Waals surface area contributed by atoms with E-state index in [1.807, 2.05) is 160 Å². The lowest BCUT2D eigenvalue weighted by atomic mass is 9.98. The number of carboxylic acid groups (broad SMARTS) is 4. The number of amides is 4. The second-order valence-corrected chi connectivity index (χ2v) is 27.9. The SMILES string of the molecule is O=C(O)COC/C=C\CN1C(=O)CCCC[C@@H]1/C=C/C(O)Cc1ccccc1.O=C(O)COCC#CCN1C(=O)CCCC[C@@H]1/C=C/C(O)Cc1ccccc1.O=C(O)COCC#CCN1C(=O)CCCC[C@@H]1CCC(O)Cc1ccccc1.O=C(O)COCCCCN1C(=O)CCCC[C@@H]1/C=C/C(O)Cc1ccccc1. The first-order chi connectivity index (χ1) is 54.2. The second kappa shape index (κ2) is 56.6. The van der Waals surface area contributed by atoms with E-state index in [2.05, 4.69) is 23.7 Å². The van der Waals surface area contributed by atoms with Gasteiger partial charge in [0.15, 0.2) is 0 Å². The summed E-state index contributed by atoms with van der Waals surface area (Å²) in [4.78, 5) is 98.7. The van der Waals surface area contributed by atoms with Gasteiger partial charge in [0, 0.05) is 70.7 Å². The molecule has 4 aromatic rings. The molecule has 0 radical (unpaired) electrons. The molecule has 112 heavy (non-hydrogen) atoms. The lowest BCUT2D eigenvalue weighted by Gasteiger charge is -2.29. The maximum atomic E-state index is 12.5. The first kappa shape index (κ1) is 93.0. The van der Waals surface area contributed by atoms with Crippen LogP contribution in [0.4, 0.5) is 0 Å². The van der Waals surface area contributed by atoms with Crippen molar-refractivity contribution in [1.29, 1.82) is 0 Å². The van der Waals surface area contributed by atoms with Gasteiger partial charge in [-0.25, -0.2) is 19.2 Å². The molecule has 0 aromatic heterocycles. The highest BCUT2D eigenvalue weighted by atomic mass is 16.5. The number of aliphatic hydroxyl groups is 4. The van der Waals surface area contributed by atoms with Crippen molar-refractivity contribution in [3.63, 3.8) is 0 Å². The van der Waals surface area contributed by atoms with Gasteiger partial charge >= 0.3 is 23.9 Å². The molecule has 4 amide bonds. The third kappa shape index (κ3) is 41.6. The number of carbonyl (C=O) groups is 8. The maximum Gasteiger partial charge on any atom is 0.329 e. The summed E-state index contributed by atoms with van der Waals surface area (Å²) in [6.45, 7) is 0.896. The van der Waals surface area contributed by atoms with Crippen molar-refractivity contribution in [2.45, 2.75) is 203 Å². The molecule has 0 spiro atoms. The van der Waals surface area contributed by atoms with Gasteiger partial charge in [-0.05, 0) is 106 Å². The fourth-order valence-corrected chi connectivity index (χ4v) is 13.1. The number of likely N-dealkylation sites (tertiary alicyclic amines) is 4. The quantitative estimate of drug-likeness (QED) is 0.0117. The summed E-state index contributed by atoms with van der Waals surface area (Å²) < 4.78 is 19.8. The fourth-order valence-electron chi connectivity index (χ4n) is 13.1. The Morgan fingerprint density at radius 3 is 1.22 bits per heavy atom. The second-order valence-electron chi connectivity index (χ2n) is 27.9. The minimum Gasteiger partial charge on any atom is -0.480 e. The average Bonchev–Trinajstić information content (AvgIpc) is 1.63. The molecule has 8 N–H and O–H groups in total. The number of carbonyl (C=O) groups excluding carboxylic acids is 4. The minimum atomic E-state index is -1.04. The van der Waals surface area contributed by atoms with Crippen LogP contribution in [0.3, 0.4) is 0 Å². The monoisotopic (exact) mass is 1550 g/mol. The number of unbranched alkanes of at least 4 members (excludes halogenated alkanes) is 1. The molecule has 4 aliphatic heterocycles. The number of hydrogen-bond acceptors (Lipinski definition) is 16. The van der Waals surface area contributed by atoms with Crippen LogP contribution in [-0.2, 0) is 83.0 Å². The van der Waals surface area contributed by atoms with Gasteiger partial charge in [-0.1, -0.05) is 219 Å². The van der Waals surface area contributed by atoms with Crippen molar-refractivity contribution in [3.05, 3.63) is 192 Å². The number of rotatable bonds is 38. The number of hydrogen-bond donors (Lipinski definition) is 8. The Labute approximate surface area is 659 Å². The molecule has 4 saturated heterocycles. The van der Waals surface area contributed by atoms with E-state index < -0.39 is 48.3 Å². The number of benzene rings is 4. The van der Waals surface area contributed by atoms with Crippen molar-refractivity contribution >= 4 is 47.5 Å². The Bertz CT molecular complexity index is 3650. The van der Waals surface area contributed by atoms with Gasteiger partial charge in [0.05, 0.1) is 62.2 Å². The van der Waals surface area contributed by atoms with Crippen LogP contribution in [0.5, 0.6) is 0 Å². The van der Waals surface area contributed by atoms with Crippen LogP contribution >= 0.6 is 0 Å². The molecule has 24 heteroatoms. The van der Waals surface area contributed by atoms with Crippen LogP contribution in [0, 0.1) is 23.7 Å². The van der Waals surface area contributed by atoms with Crippen molar-refractivity contribution in [2.75, 3.05) is 79.0 Å². The van der Waals surface area contributed by atoms with Gasteiger partial charge in [-0.3, -0.25) is 19.2 Å². The predicted molar refractivity (Wildman–Crippen MR) is 425 cm³/mol. The molecular weight excluding hydrogens is 1430 g/mol. The smallest absolute Gasteiger partial charge is 0.329 e. The Hall–Kier alpha value is -9.60. The predicted octanol–water partition coefficient (Wildman–Crippen LogP) is 9.64. The number of aliphatic carboxylic acids is 4. The van der Waals surface area contributed by atoms with E-state index in [1.54, 1.807) is 29.2 Å². The number of aliphatic hydroxyl groups excluding tert-OH is 4. The fraction of sp³-hybridized carbons (Fsp3) is 0.500. The van der Waals surface area contributed by atoms with E-state index in [9.17, 15) is 58.8 Å². The largest absolute Gasteiger partial charge is 0.480 e. The number of nitrogens with zero attached hydrogens (tertiary/aromatic N) is 4. The van der Waals surface area contributed by atoms with Crippen LogP contribution in [0.15, 0.2) is 170 Å². The molecule has 8 rings (SSSR count).